The third-order valence-electron chi connectivity index (χ3n) is 5.50. The number of fused-ring (bicyclic) bond motifs is 1. The lowest BCUT2D eigenvalue weighted by Gasteiger charge is -2.19. The van der Waals surface area contributed by atoms with E-state index in [1.807, 2.05) is 6.07 Å². The number of hydrogen-bond donors (Lipinski definition) is 1. The number of halogens is 1. The second-order valence-electron chi connectivity index (χ2n) is 7.58. The monoisotopic (exact) mass is 447 g/mol. The van der Waals surface area contributed by atoms with E-state index in [1.54, 1.807) is 61.9 Å². The number of nitrogens with one attached hydrogen (secondary N) is 1. The second kappa shape index (κ2) is 7.69. The van der Waals surface area contributed by atoms with Gasteiger partial charge in [0.15, 0.2) is 0 Å². The summed E-state index contributed by atoms with van der Waals surface area (Å²) < 4.78 is 7.63. The van der Waals surface area contributed by atoms with Gasteiger partial charge in [0.2, 0.25) is 11.8 Å². The third kappa shape index (κ3) is 3.36. The standard InChI is InChI=1S/C24H18ClN3O4/c1-27-13-19(17-10-11-26-23(17)24(27)31)18-12-15(28-21(29)8-9-22(28)30)4-7-20(18)32-16-5-2-14(25)3-6-16/h2-7,10-13,26H,8-9H2,1H3. The Morgan fingerprint density at radius 2 is 1.66 bits per heavy atom. The Morgan fingerprint density at radius 1 is 0.938 bits per heavy atom. The average molecular weight is 448 g/mol. The summed E-state index contributed by atoms with van der Waals surface area (Å²) in [5, 5.41) is 1.30. The quantitative estimate of drug-likeness (QED) is 0.462. The fourth-order valence-corrected chi connectivity index (χ4v) is 4.06. The molecule has 0 atom stereocenters. The first-order valence-corrected chi connectivity index (χ1v) is 10.4. The van der Waals surface area contributed by atoms with Gasteiger partial charge in [-0.3, -0.25) is 19.3 Å². The number of ether oxygens (including phenoxy) is 1. The Bertz CT molecular complexity index is 1420. The SMILES string of the molecule is Cn1cc(-c2cc(N3C(=O)CCC3=O)ccc2Oc2ccc(Cl)cc2)c2cc[nH]c2c1=O. The number of carbonyl (C=O) groups excluding carboxylic acids is 2. The van der Waals surface area contributed by atoms with Crippen LogP contribution in [0.15, 0.2) is 65.7 Å². The van der Waals surface area contributed by atoms with Crippen LogP contribution in [0.4, 0.5) is 5.69 Å². The van der Waals surface area contributed by atoms with E-state index in [0.717, 1.165) is 5.56 Å². The molecule has 32 heavy (non-hydrogen) atoms. The van der Waals surface area contributed by atoms with Crippen LogP contribution in [0, 0.1) is 0 Å². The van der Waals surface area contributed by atoms with E-state index in [2.05, 4.69) is 4.98 Å². The van der Waals surface area contributed by atoms with Gasteiger partial charge in [-0.25, -0.2) is 0 Å². The van der Waals surface area contributed by atoms with Gasteiger partial charge < -0.3 is 14.3 Å². The Balaban J connectivity index is 1.72. The van der Waals surface area contributed by atoms with Gasteiger partial charge >= 0.3 is 0 Å². The zero-order valence-electron chi connectivity index (χ0n) is 17.1. The summed E-state index contributed by atoms with van der Waals surface area (Å²) >= 11 is 5.99. The lowest BCUT2D eigenvalue weighted by Crippen LogP contribution is -2.28. The first-order chi connectivity index (χ1) is 15.4. The van der Waals surface area contributed by atoms with Gasteiger partial charge in [-0.15, -0.1) is 0 Å². The van der Waals surface area contributed by atoms with Crippen LogP contribution < -0.4 is 15.2 Å². The molecule has 0 unspecified atom stereocenters. The molecule has 3 heterocycles. The topological polar surface area (TPSA) is 84.4 Å². The Labute approximate surface area is 187 Å². The van der Waals surface area contributed by atoms with Crippen molar-refractivity contribution < 1.29 is 14.3 Å². The van der Waals surface area contributed by atoms with Crippen LogP contribution >= 0.6 is 11.6 Å². The van der Waals surface area contributed by atoms with E-state index in [0.29, 0.717) is 38.7 Å². The zero-order valence-corrected chi connectivity index (χ0v) is 17.8. The maximum Gasteiger partial charge on any atom is 0.274 e. The summed E-state index contributed by atoms with van der Waals surface area (Å²) in [6.07, 6.45) is 3.81. The number of H-pyrrole nitrogens is 1. The molecule has 160 valence electrons. The molecule has 0 saturated carbocycles. The molecule has 5 rings (SSSR count). The van der Waals surface area contributed by atoms with Crippen LogP contribution in [-0.4, -0.2) is 21.4 Å². The number of anilines is 1. The van der Waals surface area contributed by atoms with Gasteiger partial charge in [0.05, 0.1) is 5.69 Å². The molecule has 1 saturated heterocycles. The molecule has 8 heteroatoms. The third-order valence-corrected chi connectivity index (χ3v) is 5.75. The highest BCUT2D eigenvalue weighted by molar-refractivity contribution is 6.30. The fraction of sp³-hybridized carbons (Fsp3) is 0.125. The van der Waals surface area contributed by atoms with Crippen molar-refractivity contribution in [1.82, 2.24) is 9.55 Å². The maximum atomic E-state index is 12.5. The first-order valence-electron chi connectivity index (χ1n) is 10.0. The van der Waals surface area contributed by atoms with E-state index in [9.17, 15) is 14.4 Å². The molecule has 0 aliphatic carbocycles. The van der Waals surface area contributed by atoms with Crippen molar-refractivity contribution in [3.8, 4) is 22.6 Å². The highest BCUT2D eigenvalue weighted by Gasteiger charge is 2.31. The highest BCUT2D eigenvalue weighted by atomic mass is 35.5. The lowest BCUT2D eigenvalue weighted by molar-refractivity contribution is -0.121. The van der Waals surface area contributed by atoms with E-state index in [4.69, 9.17) is 16.3 Å². The number of rotatable bonds is 4. The van der Waals surface area contributed by atoms with Gasteiger partial charge in [-0.1, -0.05) is 11.6 Å². The maximum absolute atomic E-state index is 12.5. The molecule has 0 spiro atoms. The molecule has 2 amide bonds. The summed E-state index contributed by atoms with van der Waals surface area (Å²) in [5.74, 6) is 0.613. The van der Waals surface area contributed by atoms with Crippen molar-refractivity contribution in [2.45, 2.75) is 12.8 Å². The van der Waals surface area contributed by atoms with Gasteiger partial charge in [0.1, 0.15) is 17.0 Å². The lowest BCUT2D eigenvalue weighted by atomic mass is 10.0. The predicted molar refractivity (Wildman–Crippen MR) is 122 cm³/mol. The van der Waals surface area contributed by atoms with Crippen LogP contribution in [0.1, 0.15) is 12.8 Å². The molecule has 7 nitrogen and oxygen atoms in total. The molecule has 0 bridgehead atoms. The molecule has 4 aromatic rings. The van der Waals surface area contributed by atoms with Crippen molar-refractivity contribution in [3.63, 3.8) is 0 Å². The molecule has 2 aromatic heterocycles. The van der Waals surface area contributed by atoms with Crippen LogP contribution in [-0.2, 0) is 16.6 Å². The van der Waals surface area contributed by atoms with Crippen LogP contribution in [0.25, 0.3) is 22.0 Å². The summed E-state index contributed by atoms with van der Waals surface area (Å²) in [4.78, 5) is 41.4. The Kier molecular flexibility index (Phi) is 4.83. The number of amides is 2. The number of hydrogen-bond acceptors (Lipinski definition) is 4. The molecule has 0 radical (unpaired) electrons. The smallest absolute Gasteiger partial charge is 0.274 e. The van der Waals surface area contributed by atoms with Crippen molar-refractivity contribution >= 4 is 40.0 Å². The molecular formula is C24H18ClN3O4. The number of aryl methyl sites for hydroxylation is 1. The van der Waals surface area contributed by atoms with Crippen LogP contribution in [0.5, 0.6) is 11.5 Å². The molecule has 1 aliphatic heterocycles. The van der Waals surface area contributed by atoms with E-state index in [1.165, 1.54) is 9.47 Å². The summed E-state index contributed by atoms with van der Waals surface area (Å²) in [6, 6.07) is 13.9. The van der Waals surface area contributed by atoms with Crippen molar-refractivity contribution in [1.29, 1.82) is 0 Å². The minimum atomic E-state index is -0.237. The molecule has 1 aliphatic rings. The number of aromatic nitrogens is 2. The normalized spacial score (nSPS) is 13.9. The number of carbonyl (C=O) groups is 2. The molecular weight excluding hydrogens is 430 g/mol. The predicted octanol–water partition coefficient (Wildman–Crippen LogP) is 4.63. The second-order valence-corrected chi connectivity index (χ2v) is 8.02. The number of benzene rings is 2. The number of imide groups is 1. The summed E-state index contributed by atoms with van der Waals surface area (Å²) in [7, 11) is 1.67. The molecule has 1 fully saturated rings. The van der Waals surface area contributed by atoms with Crippen LogP contribution in [0.2, 0.25) is 5.02 Å². The first kappa shape index (κ1) is 20.1. The fourth-order valence-electron chi connectivity index (χ4n) is 3.93. The molecule has 1 N–H and O–H groups in total. The largest absolute Gasteiger partial charge is 0.457 e. The Morgan fingerprint density at radius 3 is 2.38 bits per heavy atom. The van der Waals surface area contributed by atoms with Crippen LogP contribution in [0.3, 0.4) is 0 Å². The number of pyridine rings is 1. The highest BCUT2D eigenvalue weighted by Crippen LogP contribution is 2.40. The Hall–Kier alpha value is -3.84. The van der Waals surface area contributed by atoms with Crippen molar-refractivity contribution in [2.75, 3.05) is 4.90 Å². The van der Waals surface area contributed by atoms with Gasteiger partial charge in [0, 0.05) is 53.8 Å². The zero-order chi connectivity index (χ0) is 22.4. The van der Waals surface area contributed by atoms with Gasteiger partial charge in [-0.05, 0) is 48.5 Å². The van der Waals surface area contributed by atoms with E-state index >= 15 is 0 Å². The van der Waals surface area contributed by atoms with E-state index in [-0.39, 0.29) is 30.2 Å². The number of aromatic amines is 1. The summed E-state index contributed by atoms with van der Waals surface area (Å²) in [5.41, 5.74) is 2.14. The van der Waals surface area contributed by atoms with Gasteiger partial charge in [0.25, 0.3) is 5.56 Å². The van der Waals surface area contributed by atoms with E-state index < -0.39 is 0 Å². The minimum absolute atomic E-state index is 0.157. The average Bonchev–Trinajstić information content (AvgIpc) is 3.40. The summed E-state index contributed by atoms with van der Waals surface area (Å²) in [6.45, 7) is 0. The van der Waals surface area contributed by atoms with Gasteiger partial charge in [-0.2, -0.15) is 0 Å². The number of nitrogens with zero attached hydrogens (tertiary/aromatic N) is 2. The van der Waals surface area contributed by atoms with Crippen molar-refractivity contribution in [3.05, 3.63) is 76.3 Å². The minimum Gasteiger partial charge on any atom is -0.457 e. The molecule has 2 aromatic carbocycles. The van der Waals surface area contributed by atoms with Crippen molar-refractivity contribution in [2.24, 2.45) is 7.05 Å².